The number of likely N-dealkylation sites (tertiary alicyclic amines) is 1. The Balaban J connectivity index is 2.50. The van der Waals surface area contributed by atoms with Crippen molar-refractivity contribution in [1.82, 2.24) is 10.2 Å². The Labute approximate surface area is 99.3 Å². The maximum atomic E-state index is 11.7. The van der Waals surface area contributed by atoms with Gasteiger partial charge in [0, 0.05) is 26.1 Å². The second-order valence-corrected chi connectivity index (χ2v) is 4.09. The van der Waals surface area contributed by atoms with Gasteiger partial charge in [-0.3, -0.25) is 14.5 Å². The summed E-state index contributed by atoms with van der Waals surface area (Å²) in [4.78, 5) is 34.4. The number of piperidine rings is 1. The number of nitrogens with zero attached hydrogens (tertiary/aromatic N) is 1. The minimum Gasteiger partial charge on any atom is -0.478 e. The first kappa shape index (κ1) is 13.4. The minimum absolute atomic E-state index is 0.175. The van der Waals surface area contributed by atoms with Gasteiger partial charge < -0.3 is 10.4 Å². The van der Waals surface area contributed by atoms with Crippen LogP contribution in [0.4, 0.5) is 0 Å². The van der Waals surface area contributed by atoms with Crippen LogP contribution in [0.25, 0.3) is 0 Å². The van der Waals surface area contributed by atoms with Gasteiger partial charge in [0.05, 0.1) is 6.04 Å². The molecule has 2 amide bonds. The number of imide groups is 1. The van der Waals surface area contributed by atoms with Crippen LogP contribution >= 0.6 is 0 Å². The molecule has 1 unspecified atom stereocenters. The van der Waals surface area contributed by atoms with Crippen LogP contribution in [-0.4, -0.2) is 47.4 Å². The van der Waals surface area contributed by atoms with E-state index in [2.05, 4.69) is 5.32 Å². The molecule has 6 heteroatoms. The molecule has 2 N–H and O–H groups in total. The van der Waals surface area contributed by atoms with Crippen molar-refractivity contribution in [2.75, 3.05) is 13.6 Å². The smallest absolute Gasteiger partial charge is 0.328 e. The Bertz CT molecular complexity index is 376. The van der Waals surface area contributed by atoms with E-state index in [1.165, 1.54) is 7.05 Å². The number of hydrogen-bond acceptors (Lipinski definition) is 4. The summed E-state index contributed by atoms with van der Waals surface area (Å²) in [5, 5.41) is 11.5. The van der Waals surface area contributed by atoms with E-state index in [0.29, 0.717) is 25.0 Å². The molecule has 0 aliphatic carbocycles. The first-order valence-electron chi connectivity index (χ1n) is 5.35. The SMILES string of the molecule is CC(=CC(=O)O)CNC1CCC(=O)N(C)C1=O. The molecule has 0 radical (unpaired) electrons. The van der Waals surface area contributed by atoms with Gasteiger partial charge in [-0.05, 0) is 13.3 Å². The quantitative estimate of drug-likeness (QED) is 0.523. The average Bonchev–Trinajstić information content (AvgIpc) is 2.24. The number of carboxylic acids is 1. The fourth-order valence-electron chi connectivity index (χ4n) is 1.65. The second-order valence-electron chi connectivity index (χ2n) is 4.09. The van der Waals surface area contributed by atoms with Gasteiger partial charge in [0.15, 0.2) is 0 Å². The summed E-state index contributed by atoms with van der Waals surface area (Å²) in [6.45, 7) is 1.99. The highest BCUT2D eigenvalue weighted by Crippen LogP contribution is 2.11. The number of likely N-dealkylation sites (N-methyl/N-ethyl adjacent to an activating group) is 1. The van der Waals surface area contributed by atoms with E-state index in [1.54, 1.807) is 6.92 Å². The molecule has 1 rings (SSSR count). The molecule has 6 nitrogen and oxygen atoms in total. The zero-order valence-electron chi connectivity index (χ0n) is 9.90. The number of aliphatic carboxylic acids is 1. The predicted molar refractivity (Wildman–Crippen MR) is 60.2 cm³/mol. The summed E-state index contributed by atoms with van der Waals surface area (Å²) < 4.78 is 0. The zero-order valence-corrected chi connectivity index (χ0v) is 9.90. The molecule has 0 spiro atoms. The van der Waals surface area contributed by atoms with Crippen molar-refractivity contribution in [1.29, 1.82) is 0 Å². The van der Waals surface area contributed by atoms with Crippen LogP contribution in [0.3, 0.4) is 0 Å². The lowest BCUT2D eigenvalue weighted by Gasteiger charge is -2.28. The lowest BCUT2D eigenvalue weighted by atomic mass is 10.0. The summed E-state index contributed by atoms with van der Waals surface area (Å²) in [5.41, 5.74) is 0.629. The van der Waals surface area contributed by atoms with E-state index in [0.717, 1.165) is 11.0 Å². The van der Waals surface area contributed by atoms with E-state index in [9.17, 15) is 14.4 Å². The first-order chi connectivity index (χ1) is 7.91. The van der Waals surface area contributed by atoms with Gasteiger partial charge in [-0.1, -0.05) is 5.57 Å². The maximum absolute atomic E-state index is 11.7. The number of amides is 2. The topological polar surface area (TPSA) is 86.7 Å². The Morgan fingerprint density at radius 2 is 2.24 bits per heavy atom. The summed E-state index contributed by atoms with van der Waals surface area (Å²) in [6, 6.07) is -0.408. The van der Waals surface area contributed by atoms with Gasteiger partial charge in [-0.15, -0.1) is 0 Å². The van der Waals surface area contributed by atoms with Crippen molar-refractivity contribution in [3.8, 4) is 0 Å². The largest absolute Gasteiger partial charge is 0.478 e. The molecule has 1 aliphatic heterocycles. The molecule has 1 saturated heterocycles. The third-order valence-corrected chi connectivity index (χ3v) is 2.65. The molecular formula is C11H16N2O4. The Morgan fingerprint density at radius 3 is 2.82 bits per heavy atom. The predicted octanol–water partition coefficient (Wildman–Crippen LogP) is -0.246. The van der Waals surface area contributed by atoms with Crippen molar-refractivity contribution in [3.63, 3.8) is 0 Å². The van der Waals surface area contributed by atoms with Crippen LogP contribution in [0.2, 0.25) is 0 Å². The lowest BCUT2D eigenvalue weighted by Crippen LogP contribution is -2.51. The molecule has 0 aromatic carbocycles. The zero-order chi connectivity index (χ0) is 13.0. The van der Waals surface area contributed by atoms with E-state index in [-0.39, 0.29) is 11.8 Å². The summed E-state index contributed by atoms with van der Waals surface area (Å²) in [6.07, 6.45) is 1.89. The molecule has 0 aromatic rings. The molecular weight excluding hydrogens is 224 g/mol. The Hall–Kier alpha value is -1.69. The summed E-state index contributed by atoms with van der Waals surface area (Å²) >= 11 is 0. The third-order valence-electron chi connectivity index (χ3n) is 2.65. The van der Waals surface area contributed by atoms with Crippen molar-refractivity contribution >= 4 is 17.8 Å². The molecule has 1 heterocycles. The van der Waals surface area contributed by atoms with Gasteiger partial charge in [-0.25, -0.2) is 4.79 Å². The van der Waals surface area contributed by atoms with E-state index in [4.69, 9.17) is 5.11 Å². The highest BCUT2D eigenvalue weighted by atomic mass is 16.4. The normalized spacial score (nSPS) is 21.9. The summed E-state index contributed by atoms with van der Waals surface area (Å²) in [5.74, 6) is -1.44. The fourth-order valence-corrected chi connectivity index (χ4v) is 1.65. The van der Waals surface area contributed by atoms with Gasteiger partial charge in [0.1, 0.15) is 0 Å². The monoisotopic (exact) mass is 240 g/mol. The van der Waals surface area contributed by atoms with Crippen LogP contribution in [0, 0.1) is 0 Å². The number of carbonyl (C=O) groups is 3. The van der Waals surface area contributed by atoms with Gasteiger partial charge in [-0.2, -0.15) is 0 Å². The maximum Gasteiger partial charge on any atom is 0.328 e. The Kier molecular flexibility index (Phi) is 4.39. The molecule has 0 aromatic heterocycles. The molecule has 17 heavy (non-hydrogen) atoms. The second kappa shape index (κ2) is 5.58. The molecule has 1 fully saturated rings. The highest BCUT2D eigenvalue weighted by Gasteiger charge is 2.31. The van der Waals surface area contributed by atoms with Crippen LogP contribution in [-0.2, 0) is 14.4 Å². The molecule has 0 bridgehead atoms. The van der Waals surface area contributed by atoms with E-state index >= 15 is 0 Å². The number of hydrogen-bond donors (Lipinski definition) is 2. The van der Waals surface area contributed by atoms with Crippen LogP contribution in [0.5, 0.6) is 0 Å². The molecule has 1 atom stereocenters. The van der Waals surface area contributed by atoms with Gasteiger partial charge in [0.25, 0.3) is 0 Å². The van der Waals surface area contributed by atoms with Crippen LogP contribution < -0.4 is 5.32 Å². The fraction of sp³-hybridized carbons (Fsp3) is 0.545. The molecule has 1 aliphatic rings. The van der Waals surface area contributed by atoms with Crippen LogP contribution in [0.1, 0.15) is 19.8 Å². The highest BCUT2D eigenvalue weighted by molar-refractivity contribution is 6.00. The lowest BCUT2D eigenvalue weighted by molar-refractivity contribution is -0.148. The minimum atomic E-state index is -1.01. The van der Waals surface area contributed by atoms with Crippen molar-refractivity contribution in [2.24, 2.45) is 0 Å². The van der Waals surface area contributed by atoms with Gasteiger partial charge in [0.2, 0.25) is 11.8 Å². The van der Waals surface area contributed by atoms with Gasteiger partial charge >= 0.3 is 5.97 Å². The number of rotatable bonds is 4. The first-order valence-corrected chi connectivity index (χ1v) is 5.35. The van der Waals surface area contributed by atoms with Crippen molar-refractivity contribution < 1.29 is 19.5 Å². The average molecular weight is 240 g/mol. The third kappa shape index (κ3) is 3.67. The van der Waals surface area contributed by atoms with Crippen molar-refractivity contribution in [2.45, 2.75) is 25.8 Å². The standard InChI is InChI=1S/C11H16N2O4/c1-7(5-10(15)16)6-12-8-3-4-9(14)13(2)11(8)17/h5,8,12H,3-4,6H2,1-2H3,(H,15,16). The van der Waals surface area contributed by atoms with E-state index < -0.39 is 12.0 Å². The number of carbonyl (C=O) groups excluding carboxylic acids is 2. The van der Waals surface area contributed by atoms with Crippen LogP contribution in [0.15, 0.2) is 11.6 Å². The van der Waals surface area contributed by atoms with Crippen molar-refractivity contribution in [3.05, 3.63) is 11.6 Å². The number of carboxylic acid groups (broad SMARTS) is 1. The number of nitrogens with one attached hydrogen (secondary N) is 1. The Morgan fingerprint density at radius 1 is 1.59 bits per heavy atom. The molecule has 0 saturated carbocycles. The van der Waals surface area contributed by atoms with E-state index in [1.807, 2.05) is 0 Å². The summed E-state index contributed by atoms with van der Waals surface area (Å²) in [7, 11) is 1.46. The molecule has 94 valence electrons.